The van der Waals surface area contributed by atoms with Crippen LogP contribution < -0.4 is 0 Å². The number of unbranched alkanes of at least 4 members (excludes halogenated alkanes) is 35. The van der Waals surface area contributed by atoms with Crippen molar-refractivity contribution in [1.82, 2.24) is 0 Å². The maximum absolute atomic E-state index is 12.9. The number of carbonyl (C=O) groups excluding carboxylic acids is 2. The maximum atomic E-state index is 12.9. The van der Waals surface area contributed by atoms with Crippen LogP contribution in [0.4, 0.5) is 0 Å². The van der Waals surface area contributed by atoms with E-state index in [0.717, 1.165) is 32.1 Å². The first-order valence-electron chi connectivity index (χ1n) is 28.5. The summed E-state index contributed by atoms with van der Waals surface area (Å²) < 4.78 is 33.7. The largest absolute Gasteiger partial charge is 0.472 e. The number of allylic oxidation sites excluding steroid dienone is 2. The molecule has 0 saturated heterocycles. The van der Waals surface area contributed by atoms with E-state index in [9.17, 15) is 44.6 Å². The monoisotopic (exact) mass is 1000 g/mol. The van der Waals surface area contributed by atoms with Gasteiger partial charge in [-0.1, -0.05) is 238 Å². The van der Waals surface area contributed by atoms with Crippen LogP contribution in [0.5, 0.6) is 0 Å². The first-order chi connectivity index (χ1) is 33.4. The number of phosphoric acid groups is 1. The number of aliphatic hydroxyl groups excluding tert-OH is 5. The Balaban J connectivity index is 2.33. The number of rotatable bonds is 49. The fourth-order valence-corrected chi connectivity index (χ4v) is 10.0. The van der Waals surface area contributed by atoms with E-state index in [1.165, 1.54) is 193 Å². The van der Waals surface area contributed by atoms with Gasteiger partial charge in [-0.2, -0.15) is 0 Å². The normalized spacial score (nSPS) is 20.9. The topological polar surface area (TPSA) is 210 Å². The van der Waals surface area contributed by atoms with E-state index in [2.05, 4.69) is 26.0 Å². The molecule has 0 aliphatic heterocycles. The minimum atomic E-state index is -5.13. The van der Waals surface area contributed by atoms with E-state index < -0.39 is 75.7 Å². The van der Waals surface area contributed by atoms with Gasteiger partial charge >= 0.3 is 19.8 Å². The Hall–Kier alpha value is -1.41. The highest BCUT2D eigenvalue weighted by Crippen LogP contribution is 2.47. The highest BCUT2D eigenvalue weighted by Gasteiger charge is 2.51. The molecular weight excluding hydrogens is 900 g/mol. The summed E-state index contributed by atoms with van der Waals surface area (Å²) in [6, 6.07) is 0. The molecule has 13 nitrogen and oxygen atoms in total. The van der Waals surface area contributed by atoms with Gasteiger partial charge in [-0.15, -0.1) is 0 Å². The molecule has 1 fully saturated rings. The van der Waals surface area contributed by atoms with Gasteiger partial charge in [0.05, 0.1) is 6.61 Å². The molecule has 1 saturated carbocycles. The molecule has 0 amide bonds. The standard InChI is InChI=1S/C55H105O13P/c1-3-5-7-9-11-13-15-17-19-21-22-23-24-25-26-28-29-31-33-35-37-39-41-43-48(56)65-45-47(46-66-69(63,64)68-55-53(61)51(59)50(58)52(60)54(55)62)67-49(57)44-42-40-38-36-34-32-30-27-20-18-16-14-12-10-8-6-4-2/h35,37,47,50-55,58-62H,3-34,36,38-46H2,1-2H3,(H,63,64)/b37-35+/t47-,50?,51-,52?,53?,54?,55?/m0/s1. The van der Waals surface area contributed by atoms with E-state index in [4.69, 9.17) is 18.5 Å². The fourth-order valence-electron chi connectivity index (χ4n) is 9.06. The summed E-state index contributed by atoms with van der Waals surface area (Å²) in [4.78, 5) is 35.9. The van der Waals surface area contributed by atoms with Gasteiger partial charge in [0, 0.05) is 12.8 Å². The van der Waals surface area contributed by atoms with Gasteiger partial charge in [-0.05, 0) is 32.1 Å². The molecule has 1 aliphatic rings. The molecule has 0 radical (unpaired) electrons. The summed E-state index contributed by atoms with van der Waals surface area (Å²) >= 11 is 0. The van der Waals surface area contributed by atoms with Crippen molar-refractivity contribution in [2.75, 3.05) is 13.2 Å². The van der Waals surface area contributed by atoms with Crippen LogP contribution in [0, 0.1) is 0 Å². The van der Waals surface area contributed by atoms with E-state index in [1.807, 2.05) is 0 Å². The number of esters is 2. The molecule has 6 unspecified atom stereocenters. The van der Waals surface area contributed by atoms with E-state index in [1.54, 1.807) is 0 Å². The van der Waals surface area contributed by atoms with Crippen molar-refractivity contribution in [3.8, 4) is 0 Å². The lowest BCUT2D eigenvalue weighted by Gasteiger charge is -2.41. The second-order valence-corrected chi connectivity index (χ2v) is 21.6. The molecule has 0 aromatic carbocycles. The summed E-state index contributed by atoms with van der Waals surface area (Å²) in [5.74, 6) is -1.12. The van der Waals surface area contributed by atoms with Crippen LogP contribution in [0.15, 0.2) is 12.2 Å². The Morgan fingerprint density at radius 1 is 0.435 bits per heavy atom. The summed E-state index contributed by atoms with van der Waals surface area (Å²) in [6.07, 6.45) is 38.4. The molecule has 0 bridgehead atoms. The lowest BCUT2D eigenvalue weighted by Crippen LogP contribution is -2.64. The van der Waals surface area contributed by atoms with Crippen molar-refractivity contribution in [1.29, 1.82) is 0 Å². The predicted molar refractivity (Wildman–Crippen MR) is 277 cm³/mol. The summed E-state index contributed by atoms with van der Waals surface area (Å²) in [5.41, 5.74) is 0. The molecule has 8 atom stereocenters. The second kappa shape index (κ2) is 45.2. The summed E-state index contributed by atoms with van der Waals surface area (Å²) in [6.45, 7) is 3.34. The maximum Gasteiger partial charge on any atom is 0.472 e. The number of hydrogen-bond acceptors (Lipinski definition) is 12. The Morgan fingerprint density at radius 2 is 0.754 bits per heavy atom. The minimum absolute atomic E-state index is 0.0980. The van der Waals surface area contributed by atoms with Crippen molar-refractivity contribution in [2.45, 2.75) is 313 Å². The number of ether oxygens (including phenoxy) is 2. The molecule has 408 valence electrons. The van der Waals surface area contributed by atoms with Gasteiger partial charge in [-0.25, -0.2) is 4.57 Å². The SMILES string of the molecule is CCCCCCCCCCCCCCCCCCCC/C=C/CCCC(=O)OC[C@@H](COP(=O)(O)OC1C(O)C(O)C(O)[C@H](O)C1O)OC(=O)CCCCCCCCCCCCCCCCCCC. The molecule has 6 N–H and O–H groups in total. The van der Waals surface area contributed by atoms with Gasteiger partial charge in [-0.3, -0.25) is 18.6 Å². The molecule has 14 heteroatoms. The van der Waals surface area contributed by atoms with Crippen LogP contribution in [0.3, 0.4) is 0 Å². The van der Waals surface area contributed by atoms with Gasteiger partial charge in [0.15, 0.2) is 6.10 Å². The van der Waals surface area contributed by atoms with Crippen molar-refractivity contribution < 1.29 is 63.1 Å². The molecule has 0 aromatic rings. The summed E-state index contributed by atoms with van der Waals surface area (Å²) in [5, 5.41) is 50.3. The first-order valence-corrected chi connectivity index (χ1v) is 30.0. The zero-order chi connectivity index (χ0) is 50.6. The van der Waals surface area contributed by atoms with E-state index in [-0.39, 0.29) is 12.8 Å². The molecule has 0 heterocycles. The minimum Gasteiger partial charge on any atom is -0.462 e. The Morgan fingerprint density at radius 3 is 1.14 bits per heavy atom. The van der Waals surface area contributed by atoms with Crippen LogP contribution in [-0.4, -0.2) is 98.3 Å². The molecule has 1 aliphatic carbocycles. The van der Waals surface area contributed by atoms with Gasteiger partial charge in [0.1, 0.15) is 43.2 Å². The average molecular weight is 1010 g/mol. The third-order valence-electron chi connectivity index (χ3n) is 13.6. The Bertz CT molecular complexity index is 1250. The van der Waals surface area contributed by atoms with Crippen molar-refractivity contribution >= 4 is 19.8 Å². The molecule has 69 heavy (non-hydrogen) atoms. The van der Waals surface area contributed by atoms with Crippen molar-refractivity contribution in [2.24, 2.45) is 0 Å². The van der Waals surface area contributed by atoms with Crippen LogP contribution in [0.1, 0.15) is 271 Å². The smallest absolute Gasteiger partial charge is 0.462 e. The average Bonchev–Trinajstić information content (AvgIpc) is 3.33. The third kappa shape index (κ3) is 37.1. The summed E-state index contributed by atoms with van der Waals surface area (Å²) in [7, 11) is -5.13. The highest BCUT2D eigenvalue weighted by molar-refractivity contribution is 7.47. The van der Waals surface area contributed by atoms with E-state index >= 15 is 0 Å². The Labute approximate surface area is 420 Å². The van der Waals surface area contributed by atoms with Crippen molar-refractivity contribution in [3.05, 3.63) is 12.2 Å². The predicted octanol–water partition coefficient (Wildman–Crippen LogP) is 13.0. The fraction of sp³-hybridized carbons (Fsp3) is 0.927. The quantitative estimate of drug-likeness (QED) is 0.0145. The van der Waals surface area contributed by atoms with E-state index in [0.29, 0.717) is 19.3 Å². The molecular formula is C55H105O13P. The highest BCUT2D eigenvalue weighted by atomic mass is 31.2. The van der Waals surface area contributed by atoms with Gasteiger partial charge in [0.2, 0.25) is 0 Å². The third-order valence-corrected chi connectivity index (χ3v) is 14.6. The van der Waals surface area contributed by atoms with Crippen molar-refractivity contribution in [3.63, 3.8) is 0 Å². The molecule has 0 aromatic heterocycles. The van der Waals surface area contributed by atoms with Crippen LogP contribution >= 0.6 is 7.82 Å². The number of phosphoric ester groups is 1. The Kier molecular flexibility index (Phi) is 43.0. The van der Waals surface area contributed by atoms with Crippen LogP contribution in [0.25, 0.3) is 0 Å². The van der Waals surface area contributed by atoms with Crippen LogP contribution in [0.2, 0.25) is 0 Å². The molecule has 1 rings (SSSR count). The second-order valence-electron chi connectivity index (χ2n) is 20.2. The van der Waals surface area contributed by atoms with Gasteiger partial charge < -0.3 is 39.9 Å². The zero-order valence-corrected chi connectivity index (χ0v) is 44.8. The van der Waals surface area contributed by atoms with Crippen LogP contribution in [-0.2, 0) is 32.7 Å². The lowest BCUT2D eigenvalue weighted by molar-refractivity contribution is -0.220. The first kappa shape index (κ1) is 65.6. The number of aliphatic hydroxyl groups is 5. The number of carbonyl (C=O) groups is 2. The lowest BCUT2D eigenvalue weighted by atomic mass is 9.85. The molecule has 0 spiro atoms. The zero-order valence-electron chi connectivity index (χ0n) is 43.9. The number of hydrogen-bond donors (Lipinski definition) is 6. The van der Waals surface area contributed by atoms with Gasteiger partial charge in [0.25, 0.3) is 0 Å².